The van der Waals surface area contributed by atoms with Crippen molar-refractivity contribution in [1.29, 1.82) is 0 Å². The number of alkyl carbamates (subject to hydrolysis) is 1. The molecular formula is C25H36CaN3O9PS. The number of phosphoric acid groups is 1. The number of anilines is 1. The Kier molecular flexibility index (Phi) is 13.8. The minimum atomic E-state index is -5.37. The molecule has 1 fully saturated rings. The summed E-state index contributed by atoms with van der Waals surface area (Å²) in [5.41, 5.74) is 6.79. The van der Waals surface area contributed by atoms with Crippen LogP contribution in [0.5, 0.6) is 0 Å². The van der Waals surface area contributed by atoms with Crippen LogP contribution in [0.1, 0.15) is 27.3 Å². The molecule has 4 N–H and O–H groups in total. The Balaban J connectivity index is 0.00000420. The summed E-state index contributed by atoms with van der Waals surface area (Å²) in [6, 6.07) is 13.3. The molecule has 1 aliphatic heterocycles. The topological polar surface area (TPSA) is 181 Å². The van der Waals surface area contributed by atoms with Gasteiger partial charge in [-0.25, -0.2) is 13.2 Å². The number of benzene rings is 2. The van der Waals surface area contributed by atoms with E-state index in [0.717, 1.165) is 4.31 Å². The van der Waals surface area contributed by atoms with Gasteiger partial charge in [0.25, 0.3) is 7.82 Å². The van der Waals surface area contributed by atoms with E-state index in [9.17, 15) is 27.6 Å². The first-order chi connectivity index (χ1) is 18.3. The fraction of sp³-hybridized carbons (Fsp3) is 0.480. The summed E-state index contributed by atoms with van der Waals surface area (Å²) in [6.07, 6.45) is -2.28. The molecule has 0 radical (unpaired) electrons. The minimum Gasteiger partial charge on any atom is -1.00 e. The Bertz CT molecular complexity index is 1230. The smallest absolute Gasteiger partial charge is 1.00 e. The van der Waals surface area contributed by atoms with Gasteiger partial charge in [0.05, 0.1) is 24.2 Å². The van der Waals surface area contributed by atoms with Crippen LogP contribution in [0.25, 0.3) is 0 Å². The Labute approximate surface area is 266 Å². The van der Waals surface area contributed by atoms with Gasteiger partial charge in [0.15, 0.2) is 0 Å². The van der Waals surface area contributed by atoms with E-state index in [4.69, 9.17) is 19.7 Å². The second kappa shape index (κ2) is 15.8. The first kappa shape index (κ1) is 34.9. The summed E-state index contributed by atoms with van der Waals surface area (Å²) in [5.74, 6) is -0.157. The van der Waals surface area contributed by atoms with E-state index in [1.54, 1.807) is 44.2 Å². The van der Waals surface area contributed by atoms with Gasteiger partial charge in [-0.1, -0.05) is 44.2 Å². The number of ether oxygens (including phenoxy) is 2. The predicted octanol–water partition coefficient (Wildman–Crippen LogP) is 1.62. The zero-order valence-electron chi connectivity index (χ0n) is 23.5. The van der Waals surface area contributed by atoms with Crippen LogP contribution < -0.4 is 15.9 Å². The molecule has 12 nitrogen and oxygen atoms in total. The maximum absolute atomic E-state index is 13.6. The molecule has 1 saturated heterocycles. The molecule has 0 spiro atoms. The van der Waals surface area contributed by atoms with Crippen molar-refractivity contribution in [1.82, 2.24) is 9.62 Å². The standard InChI is InChI=1S/C25H36N3O9PS.Ca.H/c1-18(2)15-28(39(33,34)22-10-8-20(26)9-11-22)16-24(37-38(30,31)32)23(14-19-6-4-3-5-7-19)27-25(29)36-21-12-13-35-17-21;;/h3-11,18,21,23-24H,12-17,26H2,1-2H3,(H,27,29)(H2,30,31,32);;/q;+2;-1/p-1/t21-,23-,24+;;/m0../s1. The molecule has 1 heterocycles. The third-order valence-corrected chi connectivity index (χ3v) is 8.33. The fourth-order valence-corrected chi connectivity index (χ4v) is 6.33. The number of hydrogen-bond donors (Lipinski definition) is 3. The van der Waals surface area contributed by atoms with E-state index in [2.05, 4.69) is 5.32 Å². The molecule has 0 bridgehead atoms. The van der Waals surface area contributed by atoms with E-state index in [1.165, 1.54) is 24.3 Å². The van der Waals surface area contributed by atoms with Gasteiger partial charge in [-0.2, -0.15) is 4.31 Å². The van der Waals surface area contributed by atoms with Crippen molar-refractivity contribution in [2.24, 2.45) is 5.92 Å². The molecule has 0 aliphatic carbocycles. The molecule has 3 rings (SSSR count). The molecule has 2 aromatic rings. The van der Waals surface area contributed by atoms with Crippen molar-refractivity contribution < 1.29 is 43.0 Å². The SMILES string of the molecule is CC(C)CN(C[C@@H](OP(=O)([O-])O)[C@H](Cc1ccccc1)NC(=O)O[C@H]1CCOC1)S(=O)(=O)c1ccc(N)cc1.[Ca+2].[H-]. The van der Waals surface area contributed by atoms with Crippen molar-refractivity contribution in [3.8, 4) is 0 Å². The Hall–Kier alpha value is -1.25. The van der Waals surface area contributed by atoms with Gasteiger partial charge in [0.2, 0.25) is 10.0 Å². The van der Waals surface area contributed by atoms with E-state index in [1.807, 2.05) is 0 Å². The van der Waals surface area contributed by atoms with Crippen molar-refractivity contribution in [3.63, 3.8) is 0 Å². The summed E-state index contributed by atoms with van der Waals surface area (Å²) in [4.78, 5) is 34.3. The molecule has 0 saturated carbocycles. The summed E-state index contributed by atoms with van der Waals surface area (Å²) < 4.78 is 55.9. The van der Waals surface area contributed by atoms with Crippen molar-refractivity contribution in [3.05, 3.63) is 60.2 Å². The number of sulfonamides is 1. The second-order valence-corrected chi connectivity index (χ2v) is 12.8. The quantitative estimate of drug-likeness (QED) is 0.168. The first-order valence-corrected chi connectivity index (χ1v) is 15.4. The van der Waals surface area contributed by atoms with Crippen LogP contribution in [0.4, 0.5) is 10.5 Å². The number of amides is 1. The number of nitrogens with zero attached hydrogens (tertiary/aromatic N) is 1. The average Bonchev–Trinajstić information content (AvgIpc) is 3.35. The normalized spacial score (nSPS) is 18.5. The first-order valence-electron chi connectivity index (χ1n) is 12.5. The molecule has 2 aromatic carbocycles. The molecule has 218 valence electrons. The Morgan fingerprint density at radius 1 is 1.23 bits per heavy atom. The van der Waals surface area contributed by atoms with Gasteiger partial charge in [-0.15, -0.1) is 0 Å². The minimum absolute atomic E-state index is 0. The summed E-state index contributed by atoms with van der Waals surface area (Å²) in [6.45, 7) is 3.77. The summed E-state index contributed by atoms with van der Waals surface area (Å²) in [7, 11) is -9.53. The van der Waals surface area contributed by atoms with Crippen molar-refractivity contribution in [2.45, 2.75) is 49.8 Å². The number of nitrogens with one attached hydrogen (secondary N) is 1. The zero-order chi connectivity index (χ0) is 28.6. The van der Waals surface area contributed by atoms with E-state index in [-0.39, 0.29) is 69.6 Å². The van der Waals surface area contributed by atoms with E-state index in [0.29, 0.717) is 24.3 Å². The van der Waals surface area contributed by atoms with E-state index >= 15 is 0 Å². The van der Waals surface area contributed by atoms with Gasteiger partial charge in [-0.3, -0.25) is 4.57 Å². The molecule has 0 aromatic heterocycles. The van der Waals surface area contributed by atoms with Gasteiger partial charge in [0, 0.05) is 25.2 Å². The predicted molar refractivity (Wildman–Crippen MR) is 149 cm³/mol. The number of phosphoric ester groups is 1. The largest absolute Gasteiger partial charge is 2.00 e. The number of hydrogen-bond acceptors (Lipinski definition) is 9. The molecule has 15 heteroatoms. The molecule has 1 unspecified atom stereocenters. The van der Waals surface area contributed by atoms with Crippen LogP contribution in [0.2, 0.25) is 0 Å². The van der Waals surface area contributed by atoms with Gasteiger partial charge >= 0.3 is 43.8 Å². The van der Waals surface area contributed by atoms with Crippen LogP contribution in [-0.4, -0.2) is 106 Å². The zero-order valence-corrected chi connectivity index (χ0v) is 26.5. The summed E-state index contributed by atoms with van der Waals surface area (Å²) >= 11 is 0. The van der Waals surface area contributed by atoms with Crippen LogP contribution in [-0.2, 0) is 35.0 Å². The maximum atomic E-state index is 13.6. The fourth-order valence-electron chi connectivity index (χ4n) is 4.16. The third-order valence-electron chi connectivity index (χ3n) is 5.95. The molecule has 1 aliphatic rings. The van der Waals surface area contributed by atoms with Crippen molar-refractivity contribution >= 4 is 67.4 Å². The number of rotatable bonds is 13. The van der Waals surface area contributed by atoms with Gasteiger partial charge < -0.3 is 36.3 Å². The molecular weight excluding hydrogens is 589 g/mol. The van der Waals surface area contributed by atoms with E-state index < -0.39 is 48.7 Å². The molecule has 1 amide bonds. The molecule has 40 heavy (non-hydrogen) atoms. The van der Waals surface area contributed by atoms with Crippen LogP contribution in [0.3, 0.4) is 0 Å². The summed E-state index contributed by atoms with van der Waals surface area (Å²) in [5, 5.41) is 2.62. The maximum Gasteiger partial charge on any atom is 2.00 e. The number of carbonyl (C=O) groups excluding carboxylic acids is 1. The second-order valence-electron chi connectivity index (χ2n) is 9.73. The average molecular weight is 626 g/mol. The van der Waals surface area contributed by atoms with Crippen LogP contribution in [0, 0.1) is 5.92 Å². The number of nitrogen functional groups attached to an aromatic ring is 1. The van der Waals surface area contributed by atoms with Gasteiger partial charge in [0.1, 0.15) is 12.2 Å². The molecule has 4 atom stereocenters. The third kappa shape index (κ3) is 11.2. The Morgan fingerprint density at radius 2 is 1.88 bits per heavy atom. The number of carbonyl (C=O) groups is 1. The van der Waals surface area contributed by atoms with Gasteiger partial charge in [-0.05, 0) is 42.2 Å². The number of nitrogens with two attached hydrogens (primary N) is 1. The van der Waals surface area contributed by atoms with Crippen LogP contribution in [0.15, 0.2) is 59.5 Å². The van der Waals surface area contributed by atoms with Crippen molar-refractivity contribution in [2.75, 3.05) is 32.0 Å². The Morgan fingerprint density at radius 3 is 2.42 bits per heavy atom. The monoisotopic (exact) mass is 625 g/mol. The van der Waals surface area contributed by atoms with Crippen LogP contribution >= 0.6 is 7.82 Å².